The van der Waals surface area contributed by atoms with E-state index in [2.05, 4.69) is 5.10 Å². The standard InChI is InChI=1S/C22H20N2O3/c1-2-8-20-19(14-6-11-16-9-4-3-5-10-16)21(25)24(23-20)18-13-7-12-17(15-18)22(26)27/h3-7,9-15H,2,8H2,1H3,(H,26,27)/b11-6+,19-14+. The first kappa shape index (κ1) is 18.3. The Morgan fingerprint density at radius 1 is 1.15 bits per heavy atom. The van der Waals surface area contributed by atoms with Crippen LogP contribution in [0.25, 0.3) is 6.08 Å². The summed E-state index contributed by atoms with van der Waals surface area (Å²) >= 11 is 0. The lowest BCUT2D eigenvalue weighted by molar-refractivity contribution is -0.114. The van der Waals surface area contributed by atoms with E-state index in [1.54, 1.807) is 18.2 Å². The zero-order valence-corrected chi connectivity index (χ0v) is 15.0. The van der Waals surface area contributed by atoms with Crippen molar-refractivity contribution in [2.45, 2.75) is 19.8 Å². The third kappa shape index (κ3) is 4.20. The minimum absolute atomic E-state index is 0.119. The maximum Gasteiger partial charge on any atom is 0.335 e. The molecule has 0 aliphatic carbocycles. The molecule has 136 valence electrons. The van der Waals surface area contributed by atoms with Gasteiger partial charge in [0, 0.05) is 0 Å². The van der Waals surface area contributed by atoms with E-state index in [-0.39, 0.29) is 11.5 Å². The van der Waals surface area contributed by atoms with Gasteiger partial charge in [-0.1, -0.05) is 61.9 Å². The van der Waals surface area contributed by atoms with Crippen molar-refractivity contribution in [3.63, 3.8) is 0 Å². The van der Waals surface area contributed by atoms with Gasteiger partial charge >= 0.3 is 5.97 Å². The van der Waals surface area contributed by atoms with Crippen LogP contribution in [0.3, 0.4) is 0 Å². The summed E-state index contributed by atoms with van der Waals surface area (Å²) in [4.78, 5) is 24.1. The largest absolute Gasteiger partial charge is 0.478 e. The van der Waals surface area contributed by atoms with Crippen molar-refractivity contribution >= 4 is 29.4 Å². The first-order chi connectivity index (χ1) is 13.1. The second-order valence-electron chi connectivity index (χ2n) is 6.12. The third-order valence-corrected chi connectivity index (χ3v) is 4.13. The number of hydrazone groups is 1. The number of benzene rings is 2. The molecule has 1 heterocycles. The Balaban J connectivity index is 1.90. The van der Waals surface area contributed by atoms with Gasteiger partial charge in [0.25, 0.3) is 5.91 Å². The maximum absolute atomic E-state index is 12.9. The van der Waals surface area contributed by atoms with Gasteiger partial charge in [-0.25, -0.2) is 4.79 Å². The average Bonchev–Trinajstić information content (AvgIpc) is 2.99. The number of amides is 1. The van der Waals surface area contributed by atoms with Crippen LogP contribution in [0.1, 0.15) is 35.7 Å². The summed E-state index contributed by atoms with van der Waals surface area (Å²) in [5.41, 5.74) is 2.85. The number of carbonyl (C=O) groups is 2. The van der Waals surface area contributed by atoms with Crippen molar-refractivity contribution in [1.82, 2.24) is 0 Å². The molecule has 0 atom stereocenters. The molecule has 5 heteroatoms. The van der Waals surface area contributed by atoms with Gasteiger partial charge < -0.3 is 5.11 Å². The third-order valence-electron chi connectivity index (χ3n) is 4.13. The quantitative estimate of drug-likeness (QED) is 0.770. The molecule has 2 aromatic rings. The molecule has 0 saturated heterocycles. The second-order valence-corrected chi connectivity index (χ2v) is 6.12. The average molecular weight is 360 g/mol. The Morgan fingerprint density at radius 3 is 2.63 bits per heavy atom. The molecule has 27 heavy (non-hydrogen) atoms. The van der Waals surface area contributed by atoms with Crippen LogP contribution in [0, 0.1) is 0 Å². The smallest absolute Gasteiger partial charge is 0.335 e. The first-order valence-corrected chi connectivity index (χ1v) is 8.79. The molecule has 0 radical (unpaired) electrons. The number of nitrogens with zero attached hydrogens (tertiary/aromatic N) is 2. The summed E-state index contributed by atoms with van der Waals surface area (Å²) in [6.07, 6.45) is 7.06. The summed E-state index contributed by atoms with van der Waals surface area (Å²) in [5.74, 6) is -1.29. The van der Waals surface area contributed by atoms with Crippen LogP contribution in [-0.2, 0) is 4.79 Å². The lowest BCUT2D eigenvalue weighted by Gasteiger charge is -2.12. The van der Waals surface area contributed by atoms with Crippen LogP contribution < -0.4 is 5.01 Å². The number of anilines is 1. The van der Waals surface area contributed by atoms with E-state index >= 15 is 0 Å². The van der Waals surface area contributed by atoms with Gasteiger partial charge in [-0.05, 0) is 36.3 Å². The molecule has 2 aromatic carbocycles. The molecule has 0 spiro atoms. The van der Waals surface area contributed by atoms with Gasteiger partial charge in [0.15, 0.2) is 0 Å². The van der Waals surface area contributed by atoms with Crippen LogP contribution in [0.5, 0.6) is 0 Å². The molecule has 0 bridgehead atoms. The molecule has 1 N–H and O–H groups in total. The SMILES string of the molecule is CCCC1=NN(c2cccc(C(=O)O)c2)C(=O)/C1=C/C=C/c1ccccc1. The highest BCUT2D eigenvalue weighted by molar-refractivity contribution is 6.30. The Kier molecular flexibility index (Phi) is 5.61. The summed E-state index contributed by atoms with van der Waals surface area (Å²) in [6, 6.07) is 16.1. The predicted octanol–water partition coefficient (Wildman–Crippen LogP) is 4.53. The van der Waals surface area contributed by atoms with E-state index < -0.39 is 5.97 Å². The van der Waals surface area contributed by atoms with E-state index in [0.29, 0.717) is 23.4 Å². The van der Waals surface area contributed by atoms with Crippen molar-refractivity contribution < 1.29 is 14.7 Å². The highest BCUT2D eigenvalue weighted by Crippen LogP contribution is 2.26. The van der Waals surface area contributed by atoms with Gasteiger partial charge in [0.1, 0.15) is 0 Å². The minimum Gasteiger partial charge on any atom is -0.478 e. The highest BCUT2D eigenvalue weighted by atomic mass is 16.4. The maximum atomic E-state index is 12.9. The molecular formula is C22H20N2O3. The highest BCUT2D eigenvalue weighted by Gasteiger charge is 2.30. The van der Waals surface area contributed by atoms with Gasteiger partial charge in [-0.15, -0.1) is 0 Å². The molecule has 3 rings (SSSR count). The number of carbonyl (C=O) groups excluding carboxylic acids is 1. The van der Waals surface area contributed by atoms with E-state index in [1.165, 1.54) is 17.1 Å². The van der Waals surface area contributed by atoms with E-state index in [4.69, 9.17) is 0 Å². The Labute approximate surface area is 157 Å². The Hall–Kier alpha value is -3.47. The fraction of sp³-hybridized carbons (Fsp3) is 0.136. The zero-order chi connectivity index (χ0) is 19.2. The van der Waals surface area contributed by atoms with Gasteiger partial charge in [0.2, 0.25) is 0 Å². The van der Waals surface area contributed by atoms with Crippen LogP contribution >= 0.6 is 0 Å². The normalized spacial score (nSPS) is 15.6. The molecule has 0 unspecified atom stereocenters. The fourth-order valence-corrected chi connectivity index (χ4v) is 2.81. The van der Waals surface area contributed by atoms with E-state index in [1.807, 2.05) is 49.4 Å². The van der Waals surface area contributed by atoms with Crippen molar-refractivity contribution in [2.24, 2.45) is 5.10 Å². The summed E-state index contributed by atoms with van der Waals surface area (Å²) in [5, 5.41) is 14.9. The number of carboxylic acids is 1. The molecule has 0 saturated carbocycles. The number of hydrogen-bond acceptors (Lipinski definition) is 3. The lowest BCUT2D eigenvalue weighted by Crippen LogP contribution is -2.21. The summed E-state index contributed by atoms with van der Waals surface area (Å²) < 4.78 is 0. The number of aromatic carboxylic acids is 1. The number of hydrogen-bond donors (Lipinski definition) is 1. The van der Waals surface area contributed by atoms with Crippen LogP contribution in [-0.4, -0.2) is 22.7 Å². The predicted molar refractivity (Wildman–Crippen MR) is 107 cm³/mol. The fourth-order valence-electron chi connectivity index (χ4n) is 2.81. The first-order valence-electron chi connectivity index (χ1n) is 8.79. The molecule has 1 aliphatic heterocycles. The van der Waals surface area contributed by atoms with Crippen molar-refractivity contribution in [1.29, 1.82) is 0 Å². The molecule has 1 aliphatic rings. The molecular weight excluding hydrogens is 340 g/mol. The van der Waals surface area contributed by atoms with Crippen molar-refractivity contribution in [2.75, 3.05) is 5.01 Å². The monoisotopic (exact) mass is 360 g/mol. The topological polar surface area (TPSA) is 70.0 Å². The van der Waals surface area contributed by atoms with Gasteiger partial charge in [-0.3, -0.25) is 4.79 Å². The number of allylic oxidation sites excluding steroid dienone is 2. The summed E-state index contributed by atoms with van der Waals surface area (Å²) in [6.45, 7) is 2.03. The van der Waals surface area contributed by atoms with Crippen molar-refractivity contribution in [3.05, 3.63) is 83.4 Å². The second kappa shape index (κ2) is 8.27. The molecule has 0 fully saturated rings. The van der Waals surface area contributed by atoms with Crippen LogP contribution in [0.2, 0.25) is 0 Å². The van der Waals surface area contributed by atoms with E-state index in [9.17, 15) is 14.7 Å². The molecule has 0 aromatic heterocycles. The number of carboxylic acid groups (broad SMARTS) is 1. The number of rotatable bonds is 6. The Morgan fingerprint density at radius 2 is 1.93 bits per heavy atom. The molecule has 5 nitrogen and oxygen atoms in total. The lowest BCUT2D eigenvalue weighted by atomic mass is 10.1. The molecule has 1 amide bonds. The van der Waals surface area contributed by atoms with E-state index in [0.717, 1.165) is 12.0 Å². The van der Waals surface area contributed by atoms with Crippen LogP contribution in [0.15, 0.2) is 77.4 Å². The zero-order valence-electron chi connectivity index (χ0n) is 15.0. The van der Waals surface area contributed by atoms with Gasteiger partial charge in [-0.2, -0.15) is 10.1 Å². The van der Waals surface area contributed by atoms with Gasteiger partial charge in [0.05, 0.1) is 22.5 Å². The minimum atomic E-state index is -1.04. The summed E-state index contributed by atoms with van der Waals surface area (Å²) in [7, 11) is 0. The van der Waals surface area contributed by atoms with Crippen LogP contribution in [0.4, 0.5) is 5.69 Å². The Bertz CT molecular complexity index is 943. The van der Waals surface area contributed by atoms with Crippen molar-refractivity contribution in [3.8, 4) is 0 Å².